The van der Waals surface area contributed by atoms with Crippen LogP contribution in [0.3, 0.4) is 0 Å². The lowest BCUT2D eigenvalue weighted by atomic mass is 10.2. The van der Waals surface area contributed by atoms with E-state index in [0.717, 1.165) is 12.1 Å². The van der Waals surface area contributed by atoms with Gasteiger partial charge in [0.05, 0.1) is 28.7 Å². The summed E-state index contributed by atoms with van der Waals surface area (Å²) in [6, 6.07) is 2.88. The largest absolute Gasteiger partial charge is 0.416 e. The number of benzene rings is 1. The molecule has 0 amide bonds. The SMILES string of the molecule is FC(F)(F)c1ccc(NN=S)c(Cl)c1. The molecule has 2 nitrogen and oxygen atoms in total. The van der Waals surface area contributed by atoms with Crippen molar-refractivity contribution in [3.8, 4) is 0 Å². The minimum atomic E-state index is -4.40. The van der Waals surface area contributed by atoms with Crippen LogP contribution in [0, 0.1) is 0 Å². The number of nitrogens with one attached hydrogen (secondary N) is 1. The lowest BCUT2D eigenvalue weighted by Crippen LogP contribution is -2.04. The van der Waals surface area contributed by atoms with Crippen LogP contribution in [-0.2, 0) is 18.6 Å². The average Bonchev–Trinajstić information content (AvgIpc) is 2.07. The predicted molar refractivity (Wildman–Crippen MR) is 49.9 cm³/mol. The molecule has 0 aliphatic carbocycles. The van der Waals surface area contributed by atoms with Crippen LogP contribution in [0.1, 0.15) is 5.56 Å². The van der Waals surface area contributed by atoms with Crippen molar-refractivity contribution >= 4 is 29.7 Å². The molecule has 0 unspecified atom stereocenters. The topological polar surface area (TPSA) is 24.4 Å². The molecule has 0 heterocycles. The summed E-state index contributed by atoms with van der Waals surface area (Å²) < 4.78 is 39.6. The highest BCUT2D eigenvalue weighted by atomic mass is 35.5. The third-order valence-corrected chi connectivity index (χ3v) is 1.87. The average molecular weight is 241 g/mol. The van der Waals surface area contributed by atoms with Crippen molar-refractivity contribution in [1.29, 1.82) is 0 Å². The summed E-state index contributed by atoms with van der Waals surface area (Å²) in [5.74, 6) is 0. The maximum atomic E-state index is 12.2. The molecule has 0 aliphatic heterocycles. The van der Waals surface area contributed by atoms with E-state index in [1.165, 1.54) is 6.07 Å². The lowest BCUT2D eigenvalue weighted by molar-refractivity contribution is -0.137. The van der Waals surface area contributed by atoms with Crippen LogP contribution >= 0.6 is 11.6 Å². The van der Waals surface area contributed by atoms with Crippen LogP contribution in [0.5, 0.6) is 0 Å². The smallest absolute Gasteiger partial charge is 0.266 e. The van der Waals surface area contributed by atoms with Crippen LogP contribution in [0.25, 0.3) is 0 Å². The standard InChI is InChI=1S/C7H4ClF3N2S/c8-5-3-4(7(9,10)11)1-2-6(5)12-13-14/h1-3H,(H,12,14). The molecule has 0 saturated heterocycles. The van der Waals surface area contributed by atoms with Gasteiger partial charge in [-0.1, -0.05) is 11.6 Å². The first-order valence-corrected chi connectivity index (χ1v) is 4.14. The Morgan fingerprint density at radius 1 is 1.36 bits per heavy atom. The Morgan fingerprint density at radius 2 is 2.00 bits per heavy atom. The summed E-state index contributed by atoms with van der Waals surface area (Å²) in [6.07, 6.45) is -4.40. The molecule has 76 valence electrons. The minimum absolute atomic E-state index is 0.0755. The van der Waals surface area contributed by atoms with E-state index in [-0.39, 0.29) is 10.7 Å². The van der Waals surface area contributed by atoms with E-state index in [1.54, 1.807) is 0 Å². The third-order valence-electron chi connectivity index (χ3n) is 1.46. The van der Waals surface area contributed by atoms with Crippen molar-refractivity contribution in [2.45, 2.75) is 6.18 Å². The van der Waals surface area contributed by atoms with Gasteiger partial charge in [-0.25, -0.2) is 0 Å². The molecule has 1 aromatic rings. The summed E-state index contributed by atoms with van der Waals surface area (Å²) >= 11 is 9.78. The van der Waals surface area contributed by atoms with Gasteiger partial charge in [0.25, 0.3) is 0 Å². The molecule has 0 spiro atoms. The minimum Gasteiger partial charge on any atom is -0.266 e. The van der Waals surface area contributed by atoms with Crippen molar-refractivity contribution in [3.05, 3.63) is 28.8 Å². The van der Waals surface area contributed by atoms with Gasteiger partial charge in [0.1, 0.15) is 0 Å². The summed E-state index contributed by atoms with van der Waals surface area (Å²) in [6.45, 7) is 0. The summed E-state index contributed by atoms with van der Waals surface area (Å²) in [7, 11) is 0. The number of alkyl halides is 3. The summed E-state index contributed by atoms with van der Waals surface area (Å²) in [5, 5.41) is -0.0755. The number of hydrogen-bond donors (Lipinski definition) is 1. The molecule has 0 bridgehead atoms. The zero-order valence-corrected chi connectivity index (χ0v) is 8.17. The van der Waals surface area contributed by atoms with E-state index in [9.17, 15) is 13.2 Å². The van der Waals surface area contributed by atoms with Crippen molar-refractivity contribution in [3.63, 3.8) is 0 Å². The van der Waals surface area contributed by atoms with Gasteiger partial charge < -0.3 is 0 Å². The van der Waals surface area contributed by atoms with Gasteiger partial charge in [0.15, 0.2) is 0 Å². The second kappa shape index (κ2) is 4.10. The molecule has 0 atom stereocenters. The first kappa shape index (κ1) is 11.2. The fraction of sp³-hybridized carbons (Fsp3) is 0.143. The second-order valence-electron chi connectivity index (χ2n) is 2.40. The van der Waals surface area contributed by atoms with Crippen LogP contribution in [0.4, 0.5) is 18.9 Å². The molecule has 0 aliphatic rings. The molecule has 1 N–H and O–H groups in total. The Labute approximate surface area is 88.2 Å². The first-order chi connectivity index (χ1) is 6.45. The summed E-state index contributed by atoms with van der Waals surface area (Å²) in [4.78, 5) is 0. The zero-order valence-electron chi connectivity index (χ0n) is 6.60. The normalized spacial score (nSPS) is 11.1. The first-order valence-electron chi connectivity index (χ1n) is 3.40. The fourth-order valence-electron chi connectivity index (χ4n) is 0.831. The van der Waals surface area contributed by atoms with Gasteiger partial charge in [-0.2, -0.15) is 13.2 Å². The van der Waals surface area contributed by atoms with E-state index in [0.29, 0.717) is 0 Å². The van der Waals surface area contributed by atoms with Gasteiger partial charge in [-0.05, 0) is 18.2 Å². The van der Waals surface area contributed by atoms with Crippen molar-refractivity contribution in [2.75, 3.05) is 5.43 Å². The number of hydrogen-bond acceptors (Lipinski definition) is 2. The Morgan fingerprint density at radius 3 is 2.43 bits per heavy atom. The maximum Gasteiger partial charge on any atom is 0.416 e. The Kier molecular flexibility index (Phi) is 3.28. The van der Waals surface area contributed by atoms with Gasteiger partial charge in [-0.15, -0.1) is 4.47 Å². The highest BCUT2D eigenvalue weighted by Gasteiger charge is 2.30. The Balaban J connectivity index is 3.06. The second-order valence-corrected chi connectivity index (χ2v) is 2.99. The highest BCUT2D eigenvalue weighted by molar-refractivity contribution is 7.47. The molecular formula is C7H4ClF3N2S. The van der Waals surface area contributed by atoms with Gasteiger partial charge in [0.2, 0.25) is 0 Å². The molecule has 0 radical (unpaired) electrons. The third kappa shape index (κ3) is 2.55. The lowest BCUT2D eigenvalue weighted by Gasteiger charge is -2.08. The quantitative estimate of drug-likeness (QED) is 0.801. The van der Waals surface area contributed by atoms with Crippen LogP contribution in [-0.4, -0.2) is 0 Å². The van der Waals surface area contributed by atoms with E-state index < -0.39 is 11.7 Å². The zero-order chi connectivity index (χ0) is 10.8. The molecule has 0 aromatic heterocycles. The number of nitrogens with zero attached hydrogens (tertiary/aromatic N) is 1. The molecule has 0 fully saturated rings. The monoisotopic (exact) mass is 240 g/mol. The molecule has 0 saturated carbocycles. The van der Waals surface area contributed by atoms with Crippen LogP contribution in [0.2, 0.25) is 5.02 Å². The summed E-state index contributed by atoms with van der Waals surface area (Å²) in [5.41, 5.74) is 1.73. The molecule has 1 aromatic carbocycles. The molecule has 14 heavy (non-hydrogen) atoms. The van der Waals surface area contributed by atoms with Crippen molar-refractivity contribution in [2.24, 2.45) is 4.47 Å². The van der Waals surface area contributed by atoms with Gasteiger partial charge >= 0.3 is 6.18 Å². The van der Waals surface area contributed by atoms with E-state index in [2.05, 4.69) is 22.3 Å². The number of halogens is 4. The molecular weight excluding hydrogens is 237 g/mol. The number of anilines is 1. The van der Waals surface area contributed by atoms with Crippen LogP contribution in [0.15, 0.2) is 22.7 Å². The fourth-order valence-corrected chi connectivity index (χ4v) is 1.15. The van der Waals surface area contributed by atoms with Crippen molar-refractivity contribution < 1.29 is 13.2 Å². The van der Waals surface area contributed by atoms with Gasteiger partial charge in [-0.3, -0.25) is 5.43 Å². The van der Waals surface area contributed by atoms with E-state index in [4.69, 9.17) is 11.6 Å². The Hall–Kier alpha value is -0.880. The predicted octanol–water partition coefficient (Wildman–Crippen LogP) is 3.42. The molecule has 1 rings (SSSR count). The van der Waals surface area contributed by atoms with Crippen LogP contribution < -0.4 is 5.43 Å². The molecule has 7 heteroatoms. The highest BCUT2D eigenvalue weighted by Crippen LogP contribution is 2.33. The number of rotatable bonds is 2. The Bertz CT molecular complexity index is 353. The maximum absolute atomic E-state index is 12.2. The van der Waals surface area contributed by atoms with E-state index >= 15 is 0 Å². The van der Waals surface area contributed by atoms with Crippen molar-refractivity contribution in [1.82, 2.24) is 0 Å². The van der Waals surface area contributed by atoms with E-state index in [1.807, 2.05) is 0 Å². The van der Waals surface area contributed by atoms with Gasteiger partial charge in [0, 0.05) is 0 Å².